The van der Waals surface area contributed by atoms with Crippen molar-refractivity contribution < 1.29 is 18.8 Å². The molecule has 1 aromatic rings. The van der Waals surface area contributed by atoms with Crippen LogP contribution in [0.25, 0.3) is 6.08 Å². The molecule has 8 heteroatoms. The highest BCUT2D eigenvalue weighted by atomic mass is 32.1. The number of nitrogens with zero attached hydrogens (tertiary/aromatic N) is 1. The van der Waals surface area contributed by atoms with Gasteiger partial charge < -0.3 is 19.4 Å². The Balaban J connectivity index is 2.22. The van der Waals surface area contributed by atoms with Gasteiger partial charge in [-0.2, -0.15) is 5.26 Å². The van der Waals surface area contributed by atoms with E-state index >= 15 is 0 Å². The molecule has 1 aromatic heterocycles. The van der Waals surface area contributed by atoms with E-state index in [1.54, 1.807) is 6.07 Å². The number of ether oxygens (including phenoxy) is 1. The number of alkyl carbamates (subject to hydrolysis) is 1. The third kappa shape index (κ3) is 5.58. The molecular formula is C19H27BN2O4S. The summed E-state index contributed by atoms with van der Waals surface area (Å²) in [5.41, 5.74) is 0.0616. The minimum atomic E-state index is -0.602. The summed E-state index contributed by atoms with van der Waals surface area (Å²) in [7, 11) is -0.602. The summed E-state index contributed by atoms with van der Waals surface area (Å²) in [6, 6.07) is 3.92. The maximum atomic E-state index is 12.1. The normalized spacial score (nSPS) is 18.9. The largest absolute Gasteiger partial charge is 0.492 e. The van der Waals surface area contributed by atoms with Gasteiger partial charge in [-0.25, -0.2) is 4.79 Å². The van der Waals surface area contributed by atoms with Crippen LogP contribution in [0.5, 0.6) is 0 Å². The first-order chi connectivity index (χ1) is 12.3. The van der Waals surface area contributed by atoms with Crippen molar-refractivity contribution in [2.45, 2.75) is 65.3 Å². The molecule has 0 aromatic carbocycles. The molecule has 1 aliphatic heterocycles. The van der Waals surface area contributed by atoms with Gasteiger partial charge in [0.15, 0.2) is 0 Å². The number of hydrogen-bond donors (Lipinski definition) is 1. The van der Waals surface area contributed by atoms with Crippen molar-refractivity contribution in [2.24, 2.45) is 0 Å². The van der Waals surface area contributed by atoms with Crippen LogP contribution in [0.1, 0.15) is 58.9 Å². The van der Waals surface area contributed by atoms with E-state index in [4.69, 9.17) is 19.3 Å². The summed E-state index contributed by atoms with van der Waals surface area (Å²) in [5.74, 6) is 0. The van der Waals surface area contributed by atoms with Crippen molar-refractivity contribution in [3.05, 3.63) is 27.4 Å². The van der Waals surface area contributed by atoms with Gasteiger partial charge in [-0.15, -0.1) is 11.3 Å². The zero-order valence-electron chi connectivity index (χ0n) is 17.0. The van der Waals surface area contributed by atoms with Gasteiger partial charge in [0.1, 0.15) is 16.5 Å². The predicted octanol–water partition coefficient (Wildman–Crippen LogP) is 4.16. The van der Waals surface area contributed by atoms with Crippen LogP contribution in [-0.4, -0.2) is 36.6 Å². The Labute approximate surface area is 165 Å². The number of rotatable bonds is 4. The van der Waals surface area contributed by atoms with E-state index in [0.717, 1.165) is 11.0 Å². The zero-order chi connectivity index (χ0) is 20.5. The highest BCUT2D eigenvalue weighted by Crippen LogP contribution is 2.38. The van der Waals surface area contributed by atoms with Crippen LogP contribution in [0, 0.1) is 11.3 Å². The number of carbonyl (C=O) groups is 1. The Bertz CT molecular complexity index is 755. The third-order valence-electron chi connectivity index (χ3n) is 4.47. The number of hydrogen-bond acceptors (Lipinski definition) is 6. The molecule has 0 radical (unpaired) electrons. The van der Waals surface area contributed by atoms with Gasteiger partial charge in [0.2, 0.25) is 0 Å². The van der Waals surface area contributed by atoms with Gasteiger partial charge in [0, 0.05) is 6.54 Å². The van der Waals surface area contributed by atoms with Crippen LogP contribution < -0.4 is 5.32 Å². The molecule has 27 heavy (non-hydrogen) atoms. The molecule has 1 fully saturated rings. The third-order valence-corrected chi connectivity index (χ3v) is 5.33. The Morgan fingerprint density at radius 3 is 2.41 bits per heavy atom. The first-order valence-corrected chi connectivity index (χ1v) is 9.72. The Kier molecular flexibility index (Phi) is 6.10. The fraction of sp³-hybridized carbons (Fsp3) is 0.579. The molecule has 2 heterocycles. The highest BCUT2D eigenvalue weighted by molar-refractivity contribution is 7.10. The van der Waals surface area contributed by atoms with Crippen molar-refractivity contribution in [2.75, 3.05) is 6.54 Å². The van der Waals surface area contributed by atoms with Gasteiger partial charge in [-0.1, -0.05) is 6.08 Å². The monoisotopic (exact) mass is 390 g/mol. The molecule has 1 amide bonds. The average molecular weight is 390 g/mol. The van der Waals surface area contributed by atoms with Crippen LogP contribution in [0.2, 0.25) is 0 Å². The summed E-state index contributed by atoms with van der Waals surface area (Å²) in [5, 5.41) is 13.7. The van der Waals surface area contributed by atoms with Crippen molar-refractivity contribution in [1.82, 2.24) is 5.32 Å². The fourth-order valence-electron chi connectivity index (χ4n) is 2.38. The zero-order valence-corrected chi connectivity index (χ0v) is 17.8. The summed E-state index contributed by atoms with van der Waals surface area (Å²) >= 11 is 1.37. The minimum Gasteiger partial charge on any atom is -0.444 e. The molecule has 0 saturated carbocycles. The fourth-order valence-corrected chi connectivity index (χ4v) is 3.04. The quantitative estimate of drug-likeness (QED) is 0.781. The van der Waals surface area contributed by atoms with E-state index in [0.29, 0.717) is 4.88 Å². The van der Waals surface area contributed by atoms with Crippen LogP contribution in [-0.2, 0) is 14.0 Å². The smallest absolute Gasteiger partial charge is 0.444 e. The lowest BCUT2D eigenvalue weighted by atomic mass is 9.77. The predicted molar refractivity (Wildman–Crippen MR) is 107 cm³/mol. The summed E-state index contributed by atoms with van der Waals surface area (Å²) in [6.45, 7) is 13.6. The Hall–Kier alpha value is -1.82. The number of amides is 1. The van der Waals surface area contributed by atoms with Crippen LogP contribution >= 0.6 is 11.3 Å². The number of nitrogens with one attached hydrogen (secondary N) is 1. The molecule has 146 valence electrons. The summed E-state index contributed by atoms with van der Waals surface area (Å²) in [6.07, 6.45) is 1.38. The van der Waals surface area contributed by atoms with E-state index in [-0.39, 0.29) is 6.54 Å². The molecule has 0 atom stereocenters. The minimum absolute atomic E-state index is 0.212. The number of nitriles is 1. The van der Waals surface area contributed by atoms with Gasteiger partial charge in [-0.3, -0.25) is 0 Å². The molecule has 0 spiro atoms. The van der Waals surface area contributed by atoms with Crippen molar-refractivity contribution in [3.8, 4) is 6.07 Å². The first kappa shape index (κ1) is 21.5. The highest BCUT2D eigenvalue weighted by Gasteiger charge is 2.52. The van der Waals surface area contributed by atoms with E-state index in [9.17, 15) is 4.79 Å². The van der Waals surface area contributed by atoms with Crippen molar-refractivity contribution >= 4 is 30.6 Å². The van der Waals surface area contributed by atoms with Crippen LogP contribution in [0.15, 0.2) is 16.9 Å². The lowest BCUT2D eigenvalue weighted by Crippen LogP contribution is -2.41. The lowest BCUT2D eigenvalue weighted by Gasteiger charge is -2.32. The van der Waals surface area contributed by atoms with E-state index in [2.05, 4.69) is 11.4 Å². The SMILES string of the molecule is CC(C)(C)OC(=O)NCC(=Cc1csc(C#N)c1)B1OC(C)(C)C(C)(C)O1. The first-order valence-electron chi connectivity index (χ1n) is 8.84. The van der Waals surface area contributed by atoms with Gasteiger partial charge in [0.05, 0.1) is 11.2 Å². The topological polar surface area (TPSA) is 80.6 Å². The number of thiophene rings is 1. The average Bonchev–Trinajstić information content (AvgIpc) is 3.03. The maximum absolute atomic E-state index is 12.1. The second-order valence-electron chi connectivity index (χ2n) is 8.52. The summed E-state index contributed by atoms with van der Waals surface area (Å²) in [4.78, 5) is 12.7. The van der Waals surface area contributed by atoms with Gasteiger partial charge >= 0.3 is 13.2 Å². The molecule has 1 saturated heterocycles. The van der Waals surface area contributed by atoms with Gasteiger partial charge in [-0.05, 0) is 70.9 Å². The summed E-state index contributed by atoms with van der Waals surface area (Å²) < 4.78 is 17.5. The van der Waals surface area contributed by atoms with E-state index < -0.39 is 30.0 Å². The molecule has 0 aliphatic carbocycles. The molecule has 1 N–H and O–H groups in total. The molecule has 6 nitrogen and oxygen atoms in total. The lowest BCUT2D eigenvalue weighted by molar-refractivity contribution is 0.00578. The maximum Gasteiger partial charge on any atom is 0.492 e. The number of carbonyl (C=O) groups excluding carboxylic acids is 1. The Morgan fingerprint density at radius 1 is 1.33 bits per heavy atom. The molecular weight excluding hydrogens is 363 g/mol. The van der Waals surface area contributed by atoms with E-state index in [1.807, 2.05) is 59.9 Å². The van der Waals surface area contributed by atoms with Crippen LogP contribution in [0.4, 0.5) is 4.79 Å². The standard InChI is InChI=1S/C19H27BN2O4S/c1-17(2,3)24-16(23)22-11-14(8-13-9-15(10-21)27-12-13)20-25-18(4,5)19(6,7)26-20/h8-9,12H,11H2,1-7H3,(H,22,23). The van der Waals surface area contributed by atoms with Crippen LogP contribution in [0.3, 0.4) is 0 Å². The van der Waals surface area contributed by atoms with Gasteiger partial charge in [0.25, 0.3) is 0 Å². The Morgan fingerprint density at radius 2 is 1.93 bits per heavy atom. The second-order valence-corrected chi connectivity index (χ2v) is 9.43. The van der Waals surface area contributed by atoms with Crippen molar-refractivity contribution in [1.29, 1.82) is 5.26 Å². The molecule has 0 bridgehead atoms. The van der Waals surface area contributed by atoms with E-state index in [1.165, 1.54) is 11.3 Å². The molecule has 2 rings (SSSR count). The molecule has 0 unspecified atom stereocenters. The molecule has 1 aliphatic rings. The second kappa shape index (κ2) is 7.66. The van der Waals surface area contributed by atoms with Crippen molar-refractivity contribution in [3.63, 3.8) is 0 Å².